The van der Waals surface area contributed by atoms with Gasteiger partial charge in [0, 0.05) is 21.7 Å². The van der Waals surface area contributed by atoms with E-state index in [-0.39, 0.29) is 58.9 Å². The molecule has 0 atom stereocenters. The van der Waals surface area contributed by atoms with Crippen molar-refractivity contribution in [2.24, 2.45) is 0 Å². The SMILES string of the molecule is Cc1cc(C)cc([Si](C)(c2cc(C)cc(C)c2)[c-]2ccc3ccccc32)c1.Cl.Cl.Cl.[Ti]. The van der Waals surface area contributed by atoms with Crippen molar-refractivity contribution in [1.82, 2.24) is 0 Å². The standard InChI is InChI=1S/C26H27Si.3ClH.Ti/c1-18-12-19(2)15-23(14-18)27(5,24-16-20(3)13-21(4)17-24)26-11-10-22-8-6-7-9-25(22)26;;;;/h6-17H,1-5H3;3*1H;/q-1;;;;. The second kappa shape index (κ2) is 11.8. The fourth-order valence-corrected chi connectivity index (χ4v) is 8.79. The van der Waals surface area contributed by atoms with Crippen LogP contribution in [-0.4, -0.2) is 8.07 Å². The molecular weight excluding hydrogens is 495 g/mol. The summed E-state index contributed by atoms with van der Waals surface area (Å²) in [5.74, 6) is 0. The van der Waals surface area contributed by atoms with Crippen LogP contribution in [0.5, 0.6) is 0 Å². The van der Waals surface area contributed by atoms with E-state index in [4.69, 9.17) is 0 Å². The minimum Gasteiger partial charge on any atom is -0.168 e. The maximum Gasteiger partial charge on any atom is 0.101 e. The molecule has 0 saturated heterocycles. The molecule has 0 spiro atoms. The number of halogens is 3. The zero-order valence-corrected chi connectivity index (χ0v) is 23.7. The smallest absolute Gasteiger partial charge is 0.101 e. The first-order valence-electron chi connectivity index (χ1n) is 9.70. The van der Waals surface area contributed by atoms with Gasteiger partial charge in [0.2, 0.25) is 0 Å². The molecule has 4 rings (SSSR count). The van der Waals surface area contributed by atoms with Crippen LogP contribution in [0.1, 0.15) is 22.3 Å². The zero-order valence-electron chi connectivity index (χ0n) is 18.7. The van der Waals surface area contributed by atoms with Gasteiger partial charge in [0.05, 0.1) is 0 Å². The first-order valence-corrected chi connectivity index (χ1v) is 12.2. The monoisotopic (exact) mass is 523 g/mol. The van der Waals surface area contributed by atoms with Crippen molar-refractivity contribution in [3.63, 3.8) is 0 Å². The average Bonchev–Trinajstić information content (AvgIpc) is 3.04. The molecule has 0 unspecified atom stereocenters. The van der Waals surface area contributed by atoms with Crippen molar-refractivity contribution in [3.8, 4) is 0 Å². The second-order valence-corrected chi connectivity index (χ2v) is 12.2. The van der Waals surface area contributed by atoms with Crippen LogP contribution in [0, 0.1) is 27.7 Å². The molecule has 0 aliphatic heterocycles. The number of hydrogen-bond acceptors (Lipinski definition) is 0. The van der Waals surface area contributed by atoms with Crippen LogP contribution in [-0.2, 0) is 21.7 Å². The molecule has 0 nitrogen and oxygen atoms in total. The fraction of sp³-hybridized carbons (Fsp3) is 0.192. The molecule has 0 heterocycles. The molecular formula is C26H30Cl3SiTi-. The van der Waals surface area contributed by atoms with Gasteiger partial charge in [-0.05, 0) is 27.7 Å². The summed E-state index contributed by atoms with van der Waals surface area (Å²) in [6.45, 7) is 11.4. The van der Waals surface area contributed by atoms with Crippen LogP contribution >= 0.6 is 37.2 Å². The topological polar surface area (TPSA) is 0 Å². The summed E-state index contributed by atoms with van der Waals surface area (Å²) in [5.41, 5.74) is 5.40. The average molecular weight is 525 g/mol. The summed E-state index contributed by atoms with van der Waals surface area (Å²) in [5, 5.41) is 7.28. The summed E-state index contributed by atoms with van der Waals surface area (Å²) in [4.78, 5) is 0. The van der Waals surface area contributed by atoms with Crippen molar-refractivity contribution >= 4 is 71.6 Å². The van der Waals surface area contributed by atoms with Crippen LogP contribution in [0.2, 0.25) is 6.55 Å². The zero-order chi connectivity index (χ0) is 19.2. The van der Waals surface area contributed by atoms with Crippen LogP contribution in [0.4, 0.5) is 0 Å². The summed E-state index contributed by atoms with van der Waals surface area (Å²) in [6, 6.07) is 27.7. The van der Waals surface area contributed by atoms with E-state index >= 15 is 0 Å². The molecule has 0 saturated carbocycles. The van der Waals surface area contributed by atoms with Gasteiger partial charge < -0.3 is 0 Å². The molecule has 4 aromatic rings. The Morgan fingerprint density at radius 3 is 1.48 bits per heavy atom. The Hall–Kier alpha value is -0.929. The van der Waals surface area contributed by atoms with E-state index in [0.717, 1.165) is 0 Å². The van der Waals surface area contributed by atoms with Gasteiger partial charge in [-0.25, -0.2) is 0 Å². The summed E-state index contributed by atoms with van der Waals surface area (Å²) < 4.78 is 0. The summed E-state index contributed by atoms with van der Waals surface area (Å²) in [7, 11) is -2.12. The predicted molar refractivity (Wildman–Crippen MR) is 144 cm³/mol. The van der Waals surface area contributed by atoms with Gasteiger partial charge in [0.1, 0.15) is 8.07 Å². The first kappa shape index (κ1) is 30.1. The molecule has 31 heavy (non-hydrogen) atoms. The number of rotatable bonds is 3. The van der Waals surface area contributed by atoms with Crippen LogP contribution in [0.15, 0.2) is 72.8 Å². The maximum atomic E-state index is 2.52. The van der Waals surface area contributed by atoms with Crippen molar-refractivity contribution in [3.05, 3.63) is 95.1 Å². The molecule has 0 radical (unpaired) electrons. The Bertz CT molecular complexity index is 1060. The van der Waals surface area contributed by atoms with Gasteiger partial charge in [-0.1, -0.05) is 81.6 Å². The van der Waals surface area contributed by atoms with Gasteiger partial charge in [-0.2, -0.15) is 12.1 Å². The molecule has 0 aliphatic carbocycles. The minimum atomic E-state index is -2.12. The quantitative estimate of drug-likeness (QED) is 0.223. The van der Waals surface area contributed by atoms with Crippen molar-refractivity contribution in [1.29, 1.82) is 0 Å². The third-order valence-electron chi connectivity index (χ3n) is 5.82. The molecule has 5 heteroatoms. The second-order valence-electron chi connectivity index (χ2n) is 8.21. The van der Waals surface area contributed by atoms with Gasteiger partial charge >= 0.3 is 0 Å². The van der Waals surface area contributed by atoms with Gasteiger partial charge in [-0.15, -0.1) is 71.4 Å². The van der Waals surface area contributed by atoms with E-state index in [1.165, 1.54) is 48.6 Å². The van der Waals surface area contributed by atoms with E-state index in [1.807, 2.05) is 0 Å². The third-order valence-corrected chi connectivity index (χ3v) is 10.2. The normalized spacial score (nSPS) is 10.4. The Morgan fingerprint density at radius 1 is 0.613 bits per heavy atom. The van der Waals surface area contributed by atoms with Gasteiger partial charge in [-0.3, -0.25) is 0 Å². The number of aryl methyl sites for hydroxylation is 4. The number of hydrogen-bond donors (Lipinski definition) is 0. The molecule has 0 amide bonds. The molecule has 164 valence electrons. The van der Waals surface area contributed by atoms with Crippen LogP contribution in [0.3, 0.4) is 0 Å². The Kier molecular flexibility index (Phi) is 11.4. The van der Waals surface area contributed by atoms with Crippen molar-refractivity contribution in [2.45, 2.75) is 34.2 Å². The van der Waals surface area contributed by atoms with E-state index in [0.29, 0.717) is 0 Å². The van der Waals surface area contributed by atoms with Gasteiger partial charge in [0.15, 0.2) is 0 Å². The van der Waals surface area contributed by atoms with Gasteiger partial charge in [0.25, 0.3) is 0 Å². The minimum absolute atomic E-state index is 0. The first-order chi connectivity index (χ1) is 12.9. The van der Waals surface area contributed by atoms with Crippen molar-refractivity contribution < 1.29 is 21.7 Å². The number of fused-ring (bicyclic) bond motifs is 1. The Labute approximate surface area is 221 Å². The Morgan fingerprint density at radius 2 is 1.03 bits per heavy atom. The molecule has 0 N–H and O–H groups in total. The molecule has 0 aliphatic rings. The van der Waals surface area contributed by atoms with Crippen LogP contribution < -0.4 is 15.6 Å². The van der Waals surface area contributed by atoms with E-state index < -0.39 is 8.07 Å². The number of benzene rings is 3. The molecule has 0 fully saturated rings. The molecule has 4 aromatic carbocycles. The molecule has 0 aromatic heterocycles. The predicted octanol–water partition coefficient (Wildman–Crippen LogP) is 6.16. The van der Waals surface area contributed by atoms with E-state index in [9.17, 15) is 0 Å². The summed E-state index contributed by atoms with van der Waals surface area (Å²) in [6.07, 6.45) is 0. The van der Waals surface area contributed by atoms with Crippen LogP contribution in [0.25, 0.3) is 10.8 Å². The van der Waals surface area contributed by atoms with E-state index in [1.54, 1.807) is 0 Å². The van der Waals surface area contributed by atoms with Crippen molar-refractivity contribution in [2.75, 3.05) is 0 Å². The third kappa shape index (κ3) is 5.71. The Balaban J connectivity index is 0.00000225. The fourth-order valence-electron chi connectivity index (χ4n) is 4.59. The van der Waals surface area contributed by atoms with E-state index in [2.05, 4.69) is 107 Å². The maximum absolute atomic E-state index is 2.52. The summed E-state index contributed by atoms with van der Waals surface area (Å²) >= 11 is 0. The molecule has 0 bridgehead atoms. The largest absolute Gasteiger partial charge is 0.168 e.